The number of hydrogen-bond acceptors (Lipinski definition) is 2. The molecular formula is C26H29ClNO2P. The van der Waals surface area contributed by atoms with Gasteiger partial charge >= 0.3 is 190 Å². The molecular weight excluding hydrogens is 425 g/mol. The minimum absolute atomic E-state index is 0.00397. The van der Waals surface area contributed by atoms with E-state index in [9.17, 15) is 4.79 Å². The van der Waals surface area contributed by atoms with Crippen LogP contribution in [0, 0.1) is 5.92 Å². The zero-order chi connectivity index (χ0) is 21.6. The van der Waals surface area contributed by atoms with Crippen molar-refractivity contribution >= 4 is 39.0 Å². The average molecular weight is 454 g/mol. The number of carbonyl (C=O) groups excluding carboxylic acids is 1. The summed E-state index contributed by atoms with van der Waals surface area (Å²) in [5.41, 5.74) is 0. The first kappa shape index (κ1) is 22.0. The fourth-order valence-electron chi connectivity index (χ4n) is 4.47. The number of amides is 1. The Morgan fingerprint density at radius 2 is 1.23 bits per heavy atom. The summed E-state index contributed by atoms with van der Waals surface area (Å²) >= 11 is 7.94. The number of halogens is 1. The molecule has 3 nitrogen and oxygen atoms in total. The molecule has 3 aromatic carbocycles. The number of carbonyl (C=O) groups is 1. The molecule has 1 saturated heterocycles. The SMILES string of the molecule is O=C(CP(Cl)(c1ccccc1)(c1ccccc1)c1ccccc1)NCC1CCOCC1. The van der Waals surface area contributed by atoms with E-state index in [-0.39, 0.29) is 12.1 Å². The molecule has 1 aliphatic rings. The van der Waals surface area contributed by atoms with Gasteiger partial charge in [0.15, 0.2) is 0 Å². The zero-order valence-electron chi connectivity index (χ0n) is 17.6. The van der Waals surface area contributed by atoms with Crippen LogP contribution in [0.1, 0.15) is 12.8 Å². The van der Waals surface area contributed by atoms with E-state index in [1.54, 1.807) is 0 Å². The fourth-order valence-corrected chi connectivity index (χ4v) is 10.3. The third-order valence-corrected chi connectivity index (χ3v) is 13.4. The van der Waals surface area contributed by atoms with Crippen molar-refractivity contribution in [3.8, 4) is 0 Å². The van der Waals surface area contributed by atoms with Gasteiger partial charge < -0.3 is 0 Å². The maximum absolute atomic E-state index is 13.4. The van der Waals surface area contributed by atoms with Crippen molar-refractivity contribution in [2.24, 2.45) is 5.92 Å². The molecule has 3 aromatic rings. The van der Waals surface area contributed by atoms with Crippen LogP contribution in [0.4, 0.5) is 0 Å². The van der Waals surface area contributed by atoms with Gasteiger partial charge in [0, 0.05) is 0 Å². The number of benzene rings is 3. The van der Waals surface area contributed by atoms with Gasteiger partial charge in [0.25, 0.3) is 0 Å². The van der Waals surface area contributed by atoms with Crippen LogP contribution in [0.3, 0.4) is 0 Å². The summed E-state index contributed by atoms with van der Waals surface area (Å²) in [5, 5.41) is 6.22. The predicted octanol–water partition coefficient (Wildman–Crippen LogP) is 4.21. The van der Waals surface area contributed by atoms with Crippen LogP contribution < -0.4 is 21.2 Å². The predicted molar refractivity (Wildman–Crippen MR) is 132 cm³/mol. The van der Waals surface area contributed by atoms with Gasteiger partial charge in [-0.2, -0.15) is 0 Å². The second kappa shape index (κ2) is 9.53. The molecule has 31 heavy (non-hydrogen) atoms. The van der Waals surface area contributed by atoms with Crippen LogP contribution in [0.25, 0.3) is 0 Å². The molecule has 1 heterocycles. The van der Waals surface area contributed by atoms with Crippen LogP contribution in [-0.4, -0.2) is 31.8 Å². The second-order valence-electron chi connectivity index (χ2n) is 8.21. The van der Waals surface area contributed by atoms with Crippen molar-refractivity contribution in [2.45, 2.75) is 12.8 Å². The minimum atomic E-state index is -3.55. The van der Waals surface area contributed by atoms with Crippen molar-refractivity contribution in [2.75, 3.05) is 25.9 Å². The molecule has 1 amide bonds. The molecule has 0 spiro atoms. The molecule has 0 bridgehead atoms. The van der Waals surface area contributed by atoms with Gasteiger partial charge in [0.05, 0.1) is 0 Å². The molecule has 0 atom stereocenters. The first-order valence-corrected chi connectivity index (χ1v) is 14.2. The van der Waals surface area contributed by atoms with Crippen LogP contribution in [0.15, 0.2) is 91.0 Å². The van der Waals surface area contributed by atoms with Gasteiger partial charge in [-0.25, -0.2) is 0 Å². The Morgan fingerprint density at radius 1 is 0.806 bits per heavy atom. The third-order valence-electron chi connectivity index (χ3n) is 6.25. The number of hydrogen-bond donors (Lipinski definition) is 1. The Hall–Kier alpha value is -2.19. The second-order valence-corrected chi connectivity index (χ2v) is 14.7. The van der Waals surface area contributed by atoms with Gasteiger partial charge in [0.1, 0.15) is 0 Å². The van der Waals surface area contributed by atoms with Crippen LogP contribution in [0.2, 0.25) is 0 Å². The molecule has 0 radical (unpaired) electrons. The molecule has 162 valence electrons. The van der Waals surface area contributed by atoms with Gasteiger partial charge in [-0.3, -0.25) is 0 Å². The summed E-state index contributed by atoms with van der Waals surface area (Å²) in [7, 11) is 0. The summed E-state index contributed by atoms with van der Waals surface area (Å²) in [6.45, 7) is 2.21. The van der Waals surface area contributed by atoms with Gasteiger partial charge in [-0.15, -0.1) is 0 Å². The van der Waals surface area contributed by atoms with Gasteiger partial charge in [0.2, 0.25) is 0 Å². The Balaban J connectivity index is 1.78. The Labute approximate surface area is 189 Å². The van der Waals surface area contributed by atoms with Crippen molar-refractivity contribution in [1.82, 2.24) is 5.32 Å². The van der Waals surface area contributed by atoms with Crippen LogP contribution in [0.5, 0.6) is 0 Å². The molecule has 4 rings (SSSR count). The van der Waals surface area contributed by atoms with E-state index >= 15 is 0 Å². The monoisotopic (exact) mass is 453 g/mol. The van der Waals surface area contributed by atoms with E-state index in [1.165, 1.54) is 0 Å². The molecule has 1 fully saturated rings. The molecule has 0 unspecified atom stereocenters. The summed E-state index contributed by atoms with van der Waals surface area (Å²) in [4.78, 5) is 13.4. The van der Waals surface area contributed by atoms with E-state index in [1.807, 2.05) is 54.6 Å². The van der Waals surface area contributed by atoms with Gasteiger partial charge in [-0.1, -0.05) is 0 Å². The van der Waals surface area contributed by atoms with Crippen molar-refractivity contribution in [3.05, 3.63) is 91.0 Å². The summed E-state index contributed by atoms with van der Waals surface area (Å²) in [5.74, 6) is -3.10. The van der Waals surface area contributed by atoms with Crippen LogP contribution in [-0.2, 0) is 9.53 Å². The van der Waals surface area contributed by atoms with E-state index in [4.69, 9.17) is 16.0 Å². The topological polar surface area (TPSA) is 38.3 Å². The standard InChI is InChI=1S/C26H29ClNO2P/c27-31(23-10-4-1-5-11-23,24-12-6-2-7-13-24,25-14-8-3-9-15-25)21-26(29)28-20-22-16-18-30-19-17-22/h1-15,22H,16-21H2,(H,28,29). The summed E-state index contributed by atoms with van der Waals surface area (Å²) < 4.78 is 5.45. The molecule has 0 aromatic heterocycles. The molecule has 0 saturated carbocycles. The number of nitrogens with one attached hydrogen (secondary N) is 1. The quantitative estimate of drug-likeness (QED) is 0.544. The Bertz CT molecular complexity index is 892. The van der Waals surface area contributed by atoms with Gasteiger partial charge in [-0.05, 0) is 0 Å². The van der Waals surface area contributed by atoms with Crippen LogP contribution >= 0.6 is 17.2 Å². The first-order valence-electron chi connectivity index (χ1n) is 10.9. The molecule has 0 aliphatic carbocycles. The van der Waals surface area contributed by atoms with E-state index in [0.717, 1.165) is 42.0 Å². The van der Waals surface area contributed by atoms with Crippen molar-refractivity contribution < 1.29 is 9.53 Å². The number of rotatable bonds is 7. The maximum atomic E-state index is 13.4. The molecule has 1 N–H and O–H groups in total. The van der Waals surface area contributed by atoms with E-state index in [0.29, 0.717) is 12.5 Å². The normalized spacial score (nSPS) is 16.2. The number of ether oxygens (including phenoxy) is 1. The fraction of sp³-hybridized carbons (Fsp3) is 0.269. The Morgan fingerprint density at radius 3 is 1.65 bits per heavy atom. The Kier molecular flexibility index (Phi) is 6.77. The van der Waals surface area contributed by atoms with E-state index < -0.39 is 5.96 Å². The van der Waals surface area contributed by atoms with E-state index in [2.05, 4.69) is 41.7 Å². The summed E-state index contributed by atoms with van der Waals surface area (Å²) in [6, 6.07) is 30.4. The first-order chi connectivity index (χ1) is 15.1. The van der Waals surface area contributed by atoms with Crippen molar-refractivity contribution in [1.29, 1.82) is 0 Å². The zero-order valence-corrected chi connectivity index (χ0v) is 19.3. The molecule has 1 aliphatic heterocycles. The summed E-state index contributed by atoms with van der Waals surface area (Å²) in [6.07, 6.45) is 2.20. The average Bonchev–Trinajstić information content (AvgIpc) is 2.85. The van der Waals surface area contributed by atoms with Crippen molar-refractivity contribution in [3.63, 3.8) is 0 Å². The third kappa shape index (κ3) is 4.41. The molecule has 5 heteroatoms.